The highest BCUT2D eigenvalue weighted by molar-refractivity contribution is 7.52. The number of ether oxygens (including phenoxy) is 1. The molecule has 1 amide bonds. The fourth-order valence-corrected chi connectivity index (χ4v) is 6.14. The van der Waals surface area contributed by atoms with Gasteiger partial charge < -0.3 is 25.3 Å². The van der Waals surface area contributed by atoms with Crippen LogP contribution in [0.1, 0.15) is 51.9 Å². The van der Waals surface area contributed by atoms with E-state index in [1.807, 2.05) is 37.3 Å². The molecular weight excluding hydrogens is 531 g/mol. The van der Waals surface area contributed by atoms with Gasteiger partial charge in [0.1, 0.15) is 23.7 Å². The molecule has 4 rings (SSSR count). The minimum absolute atomic E-state index is 0.0690. The maximum atomic E-state index is 13.7. The standard InChI is InChI=1S/C28H37N6O5P/c1-4-11-20(16-17-38-40(36,33-19(3)28(30)35)39-21-12-7-6-8-13-21)34-24(18-37-5-2)32-25-26(34)22-14-9-10-15-23(22)31-27(25)29/h6-10,12-15,19-20H,4-5,11,16-18H2,1-3H3,(H2,29,31)(H2,30,35)(H,33,36)/t19-,20+,40-/m0/s1. The number of para-hydroxylation sites is 2. The SMILES string of the molecule is CCC[C@H](CCO[P@@](=O)(N[C@@H](C)C(N)=O)Oc1ccccc1)n1c(COCC)nc2c(N)nc3ccccc3c21. The van der Waals surface area contributed by atoms with Crippen molar-refractivity contribution >= 4 is 41.4 Å². The number of carbonyl (C=O) groups is 1. The molecule has 0 fully saturated rings. The number of anilines is 1. The first-order valence-corrected chi connectivity index (χ1v) is 15.0. The molecule has 3 atom stereocenters. The number of nitrogens with one attached hydrogen (secondary N) is 1. The Morgan fingerprint density at radius 3 is 2.50 bits per heavy atom. The third-order valence-electron chi connectivity index (χ3n) is 6.51. The third kappa shape index (κ3) is 6.79. The molecule has 0 bridgehead atoms. The molecule has 0 aliphatic carbocycles. The van der Waals surface area contributed by atoms with E-state index in [0.29, 0.717) is 36.7 Å². The van der Waals surface area contributed by atoms with Crippen LogP contribution in [0.2, 0.25) is 0 Å². The summed E-state index contributed by atoms with van der Waals surface area (Å²) < 4.78 is 33.3. The van der Waals surface area contributed by atoms with Crippen LogP contribution in [0.15, 0.2) is 54.6 Å². The summed E-state index contributed by atoms with van der Waals surface area (Å²) in [6.07, 6.45) is 2.15. The highest BCUT2D eigenvalue weighted by atomic mass is 31.2. The van der Waals surface area contributed by atoms with Crippen LogP contribution < -0.4 is 21.1 Å². The molecule has 4 aromatic rings. The number of carbonyl (C=O) groups excluding carboxylic acids is 1. The van der Waals surface area contributed by atoms with E-state index in [1.54, 1.807) is 24.3 Å². The number of nitrogens with two attached hydrogens (primary N) is 2. The Labute approximate surface area is 233 Å². The number of pyridine rings is 1. The number of fused-ring (bicyclic) bond motifs is 3. The number of nitrogen functional groups attached to an aromatic ring is 1. The second-order valence-corrected chi connectivity index (χ2v) is 11.2. The second-order valence-electron chi connectivity index (χ2n) is 9.47. The molecule has 0 radical (unpaired) electrons. The van der Waals surface area contributed by atoms with Crippen molar-refractivity contribution in [1.82, 2.24) is 19.6 Å². The van der Waals surface area contributed by atoms with Crippen LogP contribution in [0.5, 0.6) is 5.75 Å². The first kappa shape index (κ1) is 29.5. The Balaban J connectivity index is 1.68. The van der Waals surface area contributed by atoms with Gasteiger partial charge in [0.05, 0.1) is 23.7 Å². The third-order valence-corrected chi connectivity index (χ3v) is 8.19. The van der Waals surface area contributed by atoms with Crippen molar-refractivity contribution in [3.63, 3.8) is 0 Å². The molecule has 0 saturated heterocycles. The number of hydrogen-bond acceptors (Lipinski definition) is 8. The van der Waals surface area contributed by atoms with Gasteiger partial charge >= 0.3 is 7.75 Å². The maximum Gasteiger partial charge on any atom is 0.459 e. The average molecular weight is 569 g/mol. The van der Waals surface area contributed by atoms with Crippen LogP contribution in [0.4, 0.5) is 5.82 Å². The zero-order chi connectivity index (χ0) is 28.7. The molecule has 214 valence electrons. The average Bonchev–Trinajstić information content (AvgIpc) is 3.32. The Kier molecular flexibility index (Phi) is 9.76. The van der Waals surface area contributed by atoms with Crippen LogP contribution in [0.3, 0.4) is 0 Å². The quantitative estimate of drug-likeness (QED) is 0.166. The van der Waals surface area contributed by atoms with Gasteiger partial charge in [-0.3, -0.25) is 9.32 Å². The van der Waals surface area contributed by atoms with E-state index in [4.69, 9.17) is 30.2 Å². The van der Waals surface area contributed by atoms with Crippen molar-refractivity contribution in [1.29, 1.82) is 0 Å². The smallest absolute Gasteiger partial charge is 0.413 e. The number of imidazole rings is 1. The maximum absolute atomic E-state index is 13.7. The number of primary amides is 1. The molecule has 2 aromatic carbocycles. The predicted octanol–water partition coefficient (Wildman–Crippen LogP) is 5.10. The summed E-state index contributed by atoms with van der Waals surface area (Å²) in [7, 11) is -3.96. The number of amides is 1. The second kappa shape index (κ2) is 13.2. The Morgan fingerprint density at radius 1 is 1.07 bits per heavy atom. The minimum atomic E-state index is -3.96. The fourth-order valence-electron chi connectivity index (χ4n) is 4.61. The molecule has 0 unspecified atom stereocenters. The van der Waals surface area contributed by atoms with Crippen molar-refractivity contribution in [2.45, 2.75) is 58.7 Å². The topological polar surface area (TPSA) is 157 Å². The first-order chi connectivity index (χ1) is 19.3. The van der Waals surface area contributed by atoms with Gasteiger partial charge in [-0.05, 0) is 44.9 Å². The highest BCUT2D eigenvalue weighted by Crippen LogP contribution is 2.45. The lowest BCUT2D eigenvalue weighted by atomic mass is 10.1. The van der Waals surface area contributed by atoms with Gasteiger partial charge in [0.15, 0.2) is 5.82 Å². The largest absolute Gasteiger partial charge is 0.459 e. The van der Waals surface area contributed by atoms with Crippen molar-refractivity contribution in [3.05, 3.63) is 60.4 Å². The van der Waals surface area contributed by atoms with Crippen molar-refractivity contribution in [2.75, 3.05) is 18.9 Å². The lowest BCUT2D eigenvalue weighted by Crippen LogP contribution is -2.38. The summed E-state index contributed by atoms with van der Waals surface area (Å²) in [6.45, 7) is 6.44. The van der Waals surface area contributed by atoms with Gasteiger partial charge in [-0.1, -0.05) is 49.7 Å². The number of aromatic nitrogens is 3. The number of rotatable bonds is 15. The fraction of sp³-hybridized carbons (Fsp3) is 0.393. The molecule has 5 N–H and O–H groups in total. The Bertz CT molecular complexity index is 1500. The highest BCUT2D eigenvalue weighted by Gasteiger charge is 2.31. The summed E-state index contributed by atoms with van der Waals surface area (Å²) >= 11 is 0. The van der Waals surface area contributed by atoms with E-state index in [0.717, 1.165) is 35.1 Å². The minimum Gasteiger partial charge on any atom is -0.413 e. The molecule has 2 aromatic heterocycles. The van der Waals surface area contributed by atoms with E-state index in [1.165, 1.54) is 6.92 Å². The van der Waals surface area contributed by atoms with Gasteiger partial charge in [0.25, 0.3) is 0 Å². The molecule has 0 saturated carbocycles. The van der Waals surface area contributed by atoms with E-state index >= 15 is 0 Å². The summed E-state index contributed by atoms with van der Waals surface area (Å²) in [5.74, 6) is 0.744. The summed E-state index contributed by atoms with van der Waals surface area (Å²) in [5, 5.41) is 3.58. The number of hydrogen-bond donors (Lipinski definition) is 3. The van der Waals surface area contributed by atoms with Crippen molar-refractivity contribution < 1.29 is 23.1 Å². The lowest BCUT2D eigenvalue weighted by molar-refractivity contribution is -0.119. The van der Waals surface area contributed by atoms with Gasteiger partial charge in [0.2, 0.25) is 5.91 Å². The molecular formula is C28H37N6O5P. The van der Waals surface area contributed by atoms with Gasteiger partial charge in [0, 0.05) is 18.0 Å². The molecule has 40 heavy (non-hydrogen) atoms. The molecule has 11 nitrogen and oxygen atoms in total. The van der Waals surface area contributed by atoms with E-state index in [2.05, 4.69) is 21.6 Å². The van der Waals surface area contributed by atoms with Crippen LogP contribution >= 0.6 is 7.75 Å². The first-order valence-electron chi connectivity index (χ1n) is 13.4. The van der Waals surface area contributed by atoms with Gasteiger partial charge in [-0.25, -0.2) is 14.5 Å². The van der Waals surface area contributed by atoms with Crippen molar-refractivity contribution in [3.8, 4) is 5.75 Å². The molecule has 12 heteroatoms. The molecule has 2 heterocycles. The van der Waals surface area contributed by atoms with E-state index in [-0.39, 0.29) is 12.6 Å². The van der Waals surface area contributed by atoms with Crippen LogP contribution in [-0.2, 0) is 25.2 Å². The summed E-state index contributed by atoms with van der Waals surface area (Å²) in [4.78, 5) is 21.1. The van der Waals surface area contributed by atoms with E-state index < -0.39 is 19.7 Å². The summed E-state index contributed by atoms with van der Waals surface area (Å²) in [6, 6.07) is 15.4. The molecule has 0 aliphatic heterocycles. The Morgan fingerprint density at radius 2 is 1.80 bits per heavy atom. The predicted molar refractivity (Wildman–Crippen MR) is 156 cm³/mol. The normalized spacial score (nSPS) is 14.7. The summed E-state index contributed by atoms with van der Waals surface area (Å²) in [5.41, 5.74) is 14.0. The van der Waals surface area contributed by atoms with Crippen molar-refractivity contribution in [2.24, 2.45) is 5.73 Å². The lowest BCUT2D eigenvalue weighted by Gasteiger charge is -2.25. The zero-order valence-corrected chi connectivity index (χ0v) is 24.0. The Hall–Kier alpha value is -3.50. The molecule has 0 aliphatic rings. The number of nitrogens with zero attached hydrogens (tertiary/aromatic N) is 3. The number of benzene rings is 2. The van der Waals surface area contributed by atoms with E-state index in [9.17, 15) is 9.36 Å². The van der Waals surface area contributed by atoms with Gasteiger partial charge in [-0.15, -0.1) is 0 Å². The van der Waals surface area contributed by atoms with Crippen LogP contribution in [0, 0.1) is 0 Å². The van der Waals surface area contributed by atoms with Crippen LogP contribution in [-0.4, -0.2) is 39.7 Å². The van der Waals surface area contributed by atoms with Gasteiger partial charge in [-0.2, -0.15) is 5.09 Å². The van der Waals surface area contributed by atoms with Crippen LogP contribution in [0.25, 0.3) is 21.9 Å². The zero-order valence-electron chi connectivity index (χ0n) is 23.1. The monoisotopic (exact) mass is 568 g/mol. The molecule has 0 spiro atoms.